The van der Waals surface area contributed by atoms with Gasteiger partial charge in [-0.15, -0.1) is 0 Å². The normalized spacial score (nSPS) is 12.9. The predicted molar refractivity (Wildman–Crippen MR) is 234 cm³/mol. The average molecular weight is 928 g/mol. The summed E-state index contributed by atoms with van der Waals surface area (Å²) < 4.78 is 96.8. The van der Waals surface area contributed by atoms with Gasteiger partial charge in [-0.1, -0.05) is 12.5 Å². The highest BCUT2D eigenvalue weighted by molar-refractivity contribution is 6.12. The van der Waals surface area contributed by atoms with Crippen LogP contribution < -0.4 is 70.5 Å². The number of nitrogens with zero attached hydrogens (tertiary/aromatic N) is 2. The van der Waals surface area contributed by atoms with E-state index in [0.29, 0.717) is 55.6 Å². The third-order valence-electron chi connectivity index (χ3n) is 9.06. The number of ether oxygens (including phenoxy) is 2. The van der Waals surface area contributed by atoms with Gasteiger partial charge in [-0.3, -0.25) is 34.5 Å². The topological polar surface area (TPSA) is 328 Å². The van der Waals surface area contributed by atoms with Crippen molar-refractivity contribution < 1.29 is 55.0 Å². The summed E-state index contributed by atoms with van der Waals surface area (Å²) in [6.07, 6.45) is -7.17. The molecule has 0 spiro atoms. The van der Waals surface area contributed by atoms with Gasteiger partial charge in [0.1, 0.15) is 25.2 Å². The van der Waals surface area contributed by atoms with E-state index in [-0.39, 0.29) is 88.0 Å². The zero-order chi connectivity index (χ0) is 48.3. The average Bonchev–Trinajstić information content (AvgIpc) is 3.45. The first-order valence-electron chi connectivity index (χ1n) is 20.3. The molecule has 358 valence electrons. The highest BCUT2D eigenvalue weighted by Crippen LogP contribution is 2.43. The van der Waals surface area contributed by atoms with Crippen LogP contribution in [0, 0.1) is 0 Å². The molecule has 0 radical (unpaired) electrons. The van der Waals surface area contributed by atoms with Gasteiger partial charge in [-0.05, 0) is 69.0 Å². The van der Waals surface area contributed by atoms with Crippen LogP contribution in [0.5, 0.6) is 11.5 Å². The van der Waals surface area contributed by atoms with Crippen LogP contribution in [0.15, 0.2) is 57.2 Å². The minimum absolute atomic E-state index is 0.0319. The summed E-state index contributed by atoms with van der Waals surface area (Å²) in [5.74, 6) is -4.42. The number of carbonyl (C=O) groups excluding carboxylic acids is 4. The van der Waals surface area contributed by atoms with Crippen LogP contribution in [0.2, 0.25) is 0 Å². The molecule has 17 N–H and O–H groups in total. The molecule has 0 unspecified atom stereocenters. The summed E-state index contributed by atoms with van der Waals surface area (Å²) in [7, 11) is 0. The van der Waals surface area contributed by atoms with Crippen molar-refractivity contribution in [2.45, 2.75) is 76.9 Å². The summed E-state index contributed by atoms with van der Waals surface area (Å²) in [6.45, 7) is 1.50. The molecule has 1 aliphatic rings. The van der Waals surface area contributed by atoms with E-state index in [1.807, 2.05) is 0 Å². The molecule has 1 heterocycles. The van der Waals surface area contributed by atoms with Crippen molar-refractivity contribution in [3.05, 3.63) is 58.3 Å². The summed E-state index contributed by atoms with van der Waals surface area (Å²) in [4.78, 5) is 61.7. The molecule has 1 aliphatic heterocycles. The van der Waals surface area contributed by atoms with Crippen LogP contribution in [0.25, 0.3) is 0 Å². The number of guanidine groups is 1. The second-order valence-electron chi connectivity index (χ2n) is 14.2. The van der Waals surface area contributed by atoms with Crippen molar-refractivity contribution in [2.75, 3.05) is 60.7 Å². The molecule has 0 aliphatic carbocycles. The van der Waals surface area contributed by atoms with Gasteiger partial charge in [-0.2, -0.15) is 26.3 Å². The molecule has 0 aromatic heterocycles. The molecule has 0 saturated heterocycles. The third kappa shape index (κ3) is 17.3. The third-order valence-corrected chi connectivity index (χ3v) is 9.06. The van der Waals surface area contributed by atoms with Crippen LogP contribution >= 0.6 is 0 Å². The van der Waals surface area contributed by atoms with Gasteiger partial charge in [0.2, 0.25) is 11.8 Å². The van der Waals surface area contributed by atoms with Gasteiger partial charge >= 0.3 is 12.4 Å². The van der Waals surface area contributed by atoms with Crippen molar-refractivity contribution in [1.82, 2.24) is 5.32 Å². The van der Waals surface area contributed by atoms with E-state index >= 15 is 0 Å². The largest absolute Gasteiger partial charge is 0.488 e. The van der Waals surface area contributed by atoms with Crippen LogP contribution in [0.4, 0.5) is 49.1 Å². The zero-order valence-corrected chi connectivity index (χ0v) is 35.5. The quantitative estimate of drug-likeness (QED) is 0.0237. The molecule has 0 fully saturated rings. The number of anilines is 4. The minimum Gasteiger partial charge on any atom is -0.488 e. The minimum atomic E-state index is -4.98. The summed E-state index contributed by atoms with van der Waals surface area (Å²) >= 11 is 0. The number of carbonyl (C=O) groups is 4. The number of amides is 4. The van der Waals surface area contributed by atoms with Crippen molar-refractivity contribution >= 4 is 58.6 Å². The molecular formula is C40H55F6N13O6. The maximum Gasteiger partial charge on any atom is 0.416 e. The van der Waals surface area contributed by atoms with E-state index in [4.69, 9.17) is 43.9 Å². The Morgan fingerprint density at radius 3 is 1.66 bits per heavy atom. The number of hydrogen-bond acceptors (Lipinski definition) is 13. The Morgan fingerprint density at radius 2 is 1.22 bits per heavy atom. The summed E-state index contributed by atoms with van der Waals surface area (Å²) in [5.41, 5.74) is 27.8. The van der Waals surface area contributed by atoms with Gasteiger partial charge in [0, 0.05) is 50.7 Å². The van der Waals surface area contributed by atoms with Gasteiger partial charge in [-0.25, -0.2) is 0 Å². The highest BCUT2D eigenvalue weighted by Gasteiger charge is 2.35. The molecular weight excluding hydrogens is 873 g/mol. The predicted octanol–water partition coefficient (Wildman–Crippen LogP) is 3.32. The number of halogens is 6. The van der Waals surface area contributed by atoms with E-state index in [2.05, 4.69) is 36.6 Å². The molecule has 4 amide bonds. The van der Waals surface area contributed by atoms with Gasteiger partial charge in [0.25, 0.3) is 11.8 Å². The fourth-order valence-corrected chi connectivity index (χ4v) is 6.00. The SMILES string of the molecule is CCC1=C(C(=O)Nc2cc(C(F)(F)F)cc(NC(=O)CCCCN=C(N)N)c2OCCN)C=C(C(=O)Nc2cc(C(F)(F)F)cc(NC(=O)CCCCNC(N)N)c2OCCN)N=CC1. The monoisotopic (exact) mass is 927 g/mol. The van der Waals surface area contributed by atoms with E-state index in [1.165, 1.54) is 6.21 Å². The molecule has 25 heteroatoms. The lowest BCUT2D eigenvalue weighted by Gasteiger charge is -2.20. The summed E-state index contributed by atoms with van der Waals surface area (Å²) in [5, 5.41) is 12.3. The Labute approximate surface area is 370 Å². The van der Waals surface area contributed by atoms with E-state index in [9.17, 15) is 45.5 Å². The number of rotatable bonds is 24. The van der Waals surface area contributed by atoms with E-state index < -0.39 is 81.8 Å². The van der Waals surface area contributed by atoms with Crippen LogP contribution in [-0.4, -0.2) is 81.5 Å². The Hall–Kier alpha value is -6.28. The van der Waals surface area contributed by atoms with Gasteiger partial charge < -0.3 is 65.1 Å². The first-order valence-corrected chi connectivity index (χ1v) is 20.3. The molecule has 0 saturated carbocycles. The Bertz CT molecular complexity index is 2120. The number of aliphatic imine (C=N–C) groups is 2. The molecule has 0 bridgehead atoms. The fourth-order valence-electron chi connectivity index (χ4n) is 6.00. The van der Waals surface area contributed by atoms with Crippen molar-refractivity contribution in [3.63, 3.8) is 0 Å². The maximum absolute atomic E-state index is 14.3. The number of benzene rings is 2. The second kappa shape index (κ2) is 25.3. The molecule has 2 aromatic carbocycles. The first-order chi connectivity index (χ1) is 30.7. The van der Waals surface area contributed by atoms with Crippen molar-refractivity contribution in [1.29, 1.82) is 0 Å². The van der Waals surface area contributed by atoms with Crippen molar-refractivity contribution in [2.24, 2.45) is 44.4 Å². The Kier molecular flexibility index (Phi) is 20.6. The number of unbranched alkanes of at least 4 members (excludes halogenated alkanes) is 2. The van der Waals surface area contributed by atoms with Crippen molar-refractivity contribution in [3.8, 4) is 11.5 Å². The first kappa shape index (κ1) is 53.1. The van der Waals surface area contributed by atoms with E-state index in [0.717, 1.165) is 6.08 Å². The number of nitrogens with two attached hydrogens (primary N) is 6. The smallest absolute Gasteiger partial charge is 0.416 e. The molecule has 19 nitrogen and oxygen atoms in total. The lowest BCUT2D eigenvalue weighted by atomic mass is 10.0. The Balaban J connectivity index is 2.03. The number of allylic oxidation sites excluding steroid dienone is 1. The maximum atomic E-state index is 14.3. The molecule has 0 atom stereocenters. The number of hydrogen-bond donors (Lipinski definition) is 11. The zero-order valence-electron chi connectivity index (χ0n) is 35.5. The van der Waals surface area contributed by atoms with Crippen LogP contribution in [0.1, 0.15) is 69.4 Å². The summed E-state index contributed by atoms with van der Waals surface area (Å²) in [6, 6.07) is 2.42. The van der Waals surface area contributed by atoms with E-state index in [1.54, 1.807) is 6.92 Å². The van der Waals surface area contributed by atoms with Crippen LogP contribution in [0.3, 0.4) is 0 Å². The fraction of sp³-hybridized carbons (Fsp3) is 0.450. The Morgan fingerprint density at radius 1 is 0.738 bits per heavy atom. The lowest BCUT2D eigenvalue weighted by molar-refractivity contribution is -0.138. The van der Waals surface area contributed by atoms with Crippen LogP contribution in [-0.2, 0) is 31.5 Å². The van der Waals surface area contributed by atoms with Gasteiger partial charge in [0.05, 0.1) is 33.9 Å². The number of nitrogens with one attached hydrogen (secondary N) is 5. The second-order valence-corrected chi connectivity index (χ2v) is 14.2. The highest BCUT2D eigenvalue weighted by atomic mass is 19.4. The number of alkyl halides is 6. The standard InChI is InChI=1S/C40H55F6N13O6/c1-2-22-9-14-53-30(36(63)59-29-20-24(40(44,45)46)18-27(34(29)65-16-11-48)57-32(61)8-4-6-13-55-38(51)52)21-25(22)35(62)58-28-19-23(39(41,42)43)17-26(33(28)64-15-10-47)56-31(60)7-3-5-12-54-37(49)50/h14,17-21,38,55H,2-13,15-16,47-48,51-52H2,1H3,(H,56,60)(H,57,61)(H,58,62)(H,59,63)(H4,49,50,54). The molecule has 3 rings (SSSR count). The lowest BCUT2D eigenvalue weighted by Crippen LogP contribution is -2.45. The van der Waals surface area contributed by atoms with Gasteiger partial charge in [0.15, 0.2) is 17.5 Å². The molecule has 65 heavy (non-hydrogen) atoms. The molecule has 2 aromatic rings.